The third-order valence-corrected chi connectivity index (χ3v) is 2.23. The summed E-state index contributed by atoms with van der Waals surface area (Å²) >= 11 is -2.32. The largest absolute Gasteiger partial charge is 1.00 e. The molecule has 0 N–H and O–H groups in total. The van der Waals surface area contributed by atoms with Gasteiger partial charge in [0, 0.05) is 4.90 Å². The summed E-state index contributed by atoms with van der Waals surface area (Å²) in [6, 6.07) is 6.58. The van der Waals surface area contributed by atoms with Gasteiger partial charge in [-0.15, -0.1) is 0 Å². The zero-order valence-corrected chi connectivity index (χ0v) is 10.2. The summed E-state index contributed by atoms with van der Waals surface area (Å²) in [6.45, 7) is 1.70. The number of hydrogen-bond donors (Lipinski definition) is 0. The van der Waals surface area contributed by atoms with E-state index >= 15 is 0 Å². The first kappa shape index (κ1) is 12.8. The van der Waals surface area contributed by atoms with E-state index < -0.39 is 11.1 Å². The second-order valence-electron chi connectivity index (χ2n) is 2.29. The van der Waals surface area contributed by atoms with Crippen molar-refractivity contribution in [3.05, 3.63) is 29.3 Å². The molecule has 0 saturated heterocycles. The average molecular weight is 203 g/mol. The van der Waals surface area contributed by atoms with Crippen molar-refractivity contribution in [1.29, 1.82) is 5.26 Å². The number of aryl methyl sites for hydroxylation is 1. The van der Waals surface area contributed by atoms with Crippen LogP contribution in [0, 0.1) is 18.3 Å². The molecule has 1 aromatic carbocycles. The molecule has 0 aliphatic heterocycles. The molecular weight excluding hydrogens is 197 g/mol. The topological polar surface area (TPSA) is 63.9 Å². The van der Waals surface area contributed by atoms with E-state index in [2.05, 4.69) is 0 Å². The number of benzene rings is 1. The zero-order valence-electron chi connectivity index (χ0n) is 7.40. The second kappa shape index (κ2) is 5.53. The van der Waals surface area contributed by atoms with Crippen LogP contribution in [0.25, 0.3) is 0 Å². The monoisotopic (exact) mass is 203 g/mol. The summed E-state index contributed by atoms with van der Waals surface area (Å²) in [5, 5.41) is 8.62. The molecule has 0 saturated carbocycles. The van der Waals surface area contributed by atoms with Crippen molar-refractivity contribution >= 4 is 11.1 Å². The maximum Gasteiger partial charge on any atom is 1.00 e. The number of nitriles is 1. The second-order valence-corrected chi connectivity index (χ2v) is 3.20. The Labute approximate surface area is 101 Å². The van der Waals surface area contributed by atoms with Gasteiger partial charge in [-0.2, -0.15) is 5.26 Å². The molecule has 1 unspecified atom stereocenters. The van der Waals surface area contributed by atoms with E-state index in [0.717, 1.165) is 0 Å². The molecule has 1 rings (SSSR count). The fraction of sp³-hybridized carbons (Fsp3) is 0.125. The van der Waals surface area contributed by atoms with Crippen molar-refractivity contribution in [2.45, 2.75) is 11.8 Å². The van der Waals surface area contributed by atoms with Gasteiger partial charge in [-0.3, -0.25) is 4.21 Å². The maximum atomic E-state index is 10.6. The van der Waals surface area contributed by atoms with E-state index in [9.17, 15) is 8.76 Å². The van der Waals surface area contributed by atoms with Gasteiger partial charge in [0.2, 0.25) is 0 Å². The van der Waals surface area contributed by atoms with Gasteiger partial charge in [0.25, 0.3) is 0 Å². The van der Waals surface area contributed by atoms with Crippen LogP contribution >= 0.6 is 0 Å². The summed E-state index contributed by atoms with van der Waals surface area (Å²) in [5.74, 6) is 0. The summed E-state index contributed by atoms with van der Waals surface area (Å²) in [5.41, 5.74) is 0.907. The molecule has 0 aliphatic carbocycles. The first-order chi connectivity index (χ1) is 5.66. The number of rotatable bonds is 1. The van der Waals surface area contributed by atoms with Crippen molar-refractivity contribution < 1.29 is 38.3 Å². The van der Waals surface area contributed by atoms with Gasteiger partial charge in [-0.1, -0.05) is 12.1 Å². The van der Waals surface area contributed by atoms with E-state index in [1.807, 2.05) is 6.07 Å². The van der Waals surface area contributed by atoms with Crippen molar-refractivity contribution in [3.8, 4) is 6.07 Å². The predicted octanol–water partition coefficient (Wildman–Crippen LogP) is -1.89. The average Bonchev–Trinajstić information content (AvgIpc) is 2.03. The summed E-state index contributed by atoms with van der Waals surface area (Å²) in [4.78, 5) is 0.0671. The molecule has 13 heavy (non-hydrogen) atoms. The van der Waals surface area contributed by atoms with E-state index in [0.29, 0.717) is 5.56 Å². The molecule has 62 valence electrons. The third kappa shape index (κ3) is 2.90. The van der Waals surface area contributed by atoms with E-state index in [4.69, 9.17) is 5.26 Å². The van der Waals surface area contributed by atoms with Crippen LogP contribution in [-0.4, -0.2) is 8.76 Å². The van der Waals surface area contributed by atoms with Crippen molar-refractivity contribution in [3.63, 3.8) is 0 Å². The van der Waals surface area contributed by atoms with Crippen LogP contribution in [0.1, 0.15) is 11.1 Å². The predicted molar refractivity (Wildman–Crippen MR) is 43.1 cm³/mol. The normalized spacial score (nSPS) is 11.2. The van der Waals surface area contributed by atoms with Crippen LogP contribution in [0.15, 0.2) is 23.1 Å². The summed E-state index contributed by atoms with van der Waals surface area (Å²) in [7, 11) is 0. The number of hydrogen-bond acceptors (Lipinski definition) is 3. The minimum atomic E-state index is -2.32. The minimum absolute atomic E-state index is 0. The van der Waals surface area contributed by atoms with Crippen LogP contribution in [0.5, 0.6) is 0 Å². The Balaban J connectivity index is 0.00000144. The molecule has 1 aromatic rings. The molecule has 0 aliphatic rings. The molecule has 5 heteroatoms. The molecule has 1 atom stereocenters. The molecule has 0 fully saturated rings. The van der Waals surface area contributed by atoms with Crippen LogP contribution in [-0.2, 0) is 11.1 Å². The standard InChI is InChI=1S/C8H7NO2S.Na/c1-6-3-2-4-8(12(10)11)7(6)5-9;/h2-4H,1H3,(H,10,11);/q;+1/p-1. The Morgan fingerprint density at radius 3 is 2.54 bits per heavy atom. The van der Waals surface area contributed by atoms with E-state index in [1.165, 1.54) is 6.07 Å². The molecule has 0 radical (unpaired) electrons. The molecule has 0 spiro atoms. The number of nitrogens with zero attached hydrogens (tertiary/aromatic N) is 1. The van der Waals surface area contributed by atoms with Gasteiger partial charge >= 0.3 is 29.6 Å². The molecular formula is C8H6NNaO2S. The SMILES string of the molecule is Cc1cccc(S(=O)[O-])c1C#N.[Na+]. The smallest absolute Gasteiger partial charge is 0.768 e. The van der Waals surface area contributed by atoms with Gasteiger partial charge < -0.3 is 4.55 Å². The van der Waals surface area contributed by atoms with E-state index in [-0.39, 0.29) is 40.0 Å². The van der Waals surface area contributed by atoms with Crippen molar-refractivity contribution in [1.82, 2.24) is 0 Å². The Hall–Kier alpha value is -0.180. The van der Waals surface area contributed by atoms with Crippen molar-refractivity contribution in [2.24, 2.45) is 0 Å². The molecule has 3 nitrogen and oxygen atoms in total. The third-order valence-electron chi connectivity index (χ3n) is 1.53. The zero-order chi connectivity index (χ0) is 9.14. The van der Waals surface area contributed by atoms with E-state index in [1.54, 1.807) is 19.1 Å². The summed E-state index contributed by atoms with van der Waals surface area (Å²) < 4.78 is 21.2. The van der Waals surface area contributed by atoms with Gasteiger partial charge in [0.15, 0.2) is 0 Å². The fourth-order valence-corrected chi connectivity index (χ4v) is 1.49. The van der Waals surface area contributed by atoms with Crippen LogP contribution in [0.3, 0.4) is 0 Å². The van der Waals surface area contributed by atoms with Gasteiger partial charge in [0.1, 0.15) is 6.07 Å². The van der Waals surface area contributed by atoms with Crippen LogP contribution in [0.2, 0.25) is 0 Å². The Morgan fingerprint density at radius 2 is 2.15 bits per heavy atom. The minimum Gasteiger partial charge on any atom is -0.768 e. The Bertz CT molecular complexity index is 373. The van der Waals surface area contributed by atoms with Gasteiger partial charge in [0.05, 0.1) is 5.56 Å². The molecule has 0 aromatic heterocycles. The summed E-state index contributed by atoms with van der Waals surface area (Å²) in [6.07, 6.45) is 0. The maximum absolute atomic E-state index is 10.6. The van der Waals surface area contributed by atoms with Gasteiger partial charge in [-0.05, 0) is 29.6 Å². The molecule has 0 heterocycles. The van der Waals surface area contributed by atoms with Crippen LogP contribution in [0.4, 0.5) is 0 Å². The molecule has 0 bridgehead atoms. The van der Waals surface area contributed by atoms with Crippen molar-refractivity contribution in [2.75, 3.05) is 0 Å². The quantitative estimate of drug-likeness (QED) is 0.396. The molecule has 0 amide bonds. The fourth-order valence-electron chi connectivity index (χ4n) is 0.923. The van der Waals surface area contributed by atoms with Crippen LogP contribution < -0.4 is 29.6 Å². The Morgan fingerprint density at radius 1 is 1.54 bits per heavy atom. The first-order valence-corrected chi connectivity index (χ1v) is 4.33. The first-order valence-electron chi connectivity index (χ1n) is 3.26. The van der Waals surface area contributed by atoms with Gasteiger partial charge in [-0.25, -0.2) is 0 Å². The Kier molecular flexibility index (Phi) is 5.45.